The van der Waals surface area contributed by atoms with Gasteiger partial charge in [-0.1, -0.05) is 36.4 Å². The highest BCUT2D eigenvalue weighted by Gasteiger charge is 2.38. The van der Waals surface area contributed by atoms with Gasteiger partial charge in [-0.05, 0) is 84.1 Å². The van der Waals surface area contributed by atoms with Crippen molar-refractivity contribution in [2.45, 2.75) is 25.0 Å². The summed E-state index contributed by atoms with van der Waals surface area (Å²) in [4.78, 5) is 25.9. The van der Waals surface area contributed by atoms with Gasteiger partial charge in [-0.25, -0.2) is 0 Å². The van der Waals surface area contributed by atoms with Gasteiger partial charge in [0.2, 0.25) is 12.0 Å². The first-order chi connectivity index (χ1) is 21.8. The Hall–Kier alpha value is -5.64. The Balaban J connectivity index is 1.28. The number of carbonyl (C=O) groups is 2. The number of carbonyl (C=O) groups excluding carboxylic acids is 2. The van der Waals surface area contributed by atoms with E-state index in [1.807, 2.05) is 0 Å². The van der Waals surface area contributed by atoms with Crippen molar-refractivity contribution >= 4 is 17.9 Å². The molecule has 4 aromatic rings. The number of hydrogen-bond acceptors (Lipinski definition) is 8. The van der Waals surface area contributed by atoms with Gasteiger partial charge < -0.3 is 40.2 Å². The first-order valence-electron chi connectivity index (χ1n) is 14.4. The third-order valence-corrected chi connectivity index (χ3v) is 7.27. The summed E-state index contributed by atoms with van der Waals surface area (Å²) in [7, 11) is 1.44. The predicted molar refractivity (Wildman–Crippen MR) is 168 cm³/mol. The quantitative estimate of drug-likeness (QED) is 0.157. The number of phenols is 3. The number of phenolic OH excluding ortho intramolecular Hbond substituents is 3. The van der Waals surface area contributed by atoms with E-state index in [1.54, 1.807) is 84.9 Å². The zero-order chi connectivity index (χ0) is 31.8. The average Bonchev–Trinajstić information content (AvgIpc) is 3.05. The Labute approximate surface area is 260 Å². The highest BCUT2D eigenvalue weighted by Crippen LogP contribution is 2.42. The molecular weight excluding hydrogens is 576 g/mol. The maximum absolute atomic E-state index is 13.5. The summed E-state index contributed by atoms with van der Waals surface area (Å²) < 4.78 is 17.8. The zero-order valence-corrected chi connectivity index (χ0v) is 24.6. The molecule has 1 aliphatic rings. The molecule has 10 nitrogen and oxygen atoms in total. The molecule has 1 heterocycles. The van der Waals surface area contributed by atoms with Gasteiger partial charge in [-0.3, -0.25) is 9.59 Å². The molecule has 0 spiro atoms. The van der Waals surface area contributed by atoms with Gasteiger partial charge in [0.15, 0.2) is 29.1 Å². The number of ether oxygens (including phenoxy) is 3. The first-order valence-corrected chi connectivity index (χ1v) is 14.4. The minimum atomic E-state index is -1.08. The third kappa shape index (κ3) is 8.05. The van der Waals surface area contributed by atoms with E-state index in [0.717, 1.165) is 11.1 Å². The van der Waals surface area contributed by atoms with Crippen LogP contribution in [0.2, 0.25) is 0 Å². The molecule has 4 aromatic carbocycles. The summed E-state index contributed by atoms with van der Waals surface area (Å²) in [6, 6.07) is 23.5. The monoisotopic (exact) mass is 610 g/mol. The van der Waals surface area contributed by atoms with Gasteiger partial charge in [0.05, 0.1) is 7.11 Å². The van der Waals surface area contributed by atoms with Crippen LogP contribution in [0.5, 0.6) is 34.5 Å². The summed E-state index contributed by atoms with van der Waals surface area (Å²) in [6.45, 7) is 0.759. The molecule has 232 valence electrons. The van der Waals surface area contributed by atoms with Gasteiger partial charge in [0.25, 0.3) is 5.91 Å². The molecule has 0 radical (unpaired) electrons. The third-order valence-electron chi connectivity index (χ3n) is 7.27. The number of amides is 2. The number of benzene rings is 4. The van der Waals surface area contributed by atoms with Crippen molar-refractivity contribution in [2.24, 2.45) is 0 Å². The van der Waals surface area contributed by atoms with Crippen LogP contribution in [0.3, 0.4) is 0 Å². The standard InChI is InChI=1S/C35H34N2O8/c1-43-30-21-25(8-13-28(30)40)33-34(35(42)37-19-17-23-4-11-27(39)12-5-23)45-31-20-24(6-14-29(31)44-33)7-15-32(41)36-18-16-22-2-9-26(38)10-3-22/h2-15,20-21,33-34,38-40H,16-19H2,1H3,(H,36,41)(H,37,42)/b15-7+/t33-,34+/m1/s1. The molecule has 0 aliphatic carbocycles. The second kappa shape index (κ2) is 14.2. The summed E-state index contributed by atoms with van der Waals surface area (Å²) >= 11 is 0. The average molecular weight is 611 g/mol. The minimum Gasteiger partial charge on any atom is -0.508 e. The van der Waals surface area contributed by atoms with Crippen molar-refractivity contribution in [3.8, 4) is 34.5 Å². The molecule has 0 aromatic heterocycles. The van der Waals surface area contributed by atoms with Crippen molar-refractivity contribution in [2.75, 3.05) is 20.2 Å². The fourth-order valence-electron chi connectivity index (χ4n) is 4.84. The Morgan fingerprint density at radius 1 is 0.778 bits per heavy atom. The molecule has 45 heavy (non-hydrogen) atoms. The van der Waals surface area contributed by atoms with Crippen LogP contribution in [0, 0.1) is 0 Å². The summed E-state index contributed by atoms with van der Waals surface area (Å²) in [6.07, 6.45) is 2.30. The van der Waals surface area contributed by atoms with E-state index in [9.17, 15) is 24.9 Å². The first kappa shape index (κ1) is 30.8. The Bertz CT molecular complexity index is 1670. The van der Waals surface area contributed by atoms with E-state index in [0.29, 0.717) is 48.6 Å². The highest BCUT2D eigenvalue weighted by atomic mass is 16.6. The Kier molecular flexibility index (Phi) is 9.74. The van der Waals surface area contributed by atoms with Gasteiger partial charge in [0, 0.05) is 24.7 Å². The lowest BCUT2D eigenvalue weighted by Crippen LogP contribution is -2.46. The van der Waals surface area contributed by atoms with E-state index < -0.39 is 18.1 Å². The van der Waals surface area contributed by atoms with Crippen molar-refractivity contribution in [3.63, 3.8) is 0 Å². The molecule has 0 fully saturated rings. The normalized spacial score (nSPS) is 15.4. The number of nitrogens with one attached hydrogen (secondary N) is 2. The maximum Gasteiger partial charge on any atom is 0.265 e. The Morgan fingerprint density at radius 2 is 1.42 bits per heavy atom. The van der Waals surface area contributed by atoms with Crippen LogP contribution >= 0.6 is 0 Å². The van der Waals surface area contributed by atoms with Crippen LogP contribution in [0.4, 0.5) is 0 Å². The van der Waals surface area contributed by atoms with Crippen LogP contribution in [0.25, 0.3) is 6.08 Å². The van der Waals surface area contributed by atoms with Crippen molar-refractivity contribution in [1.29, 1.82) is 0 Å². The highest BCUT2D eigenvalue weighted by molar-refractivity contribution is 5.91. The van der Waals surface area contributed by atoms with Crippen LogP contribution in [0.1, 0.15) is 28.4 Å². The SMILES string of the molecule is COc1cc([C@H]2Oc3ccc(/C=C/C(=O)NCCc4ccc(O)cc4)cc3O[C@@H]2C(=O)NCCc2ccc(O)cc2)ccc1O. The number of methoxy groups -OCH3 is 1. The molecule has 0 saturated carbocycles. The van der Waals surface area contributed by atoms with E-state index in [2.05, 4.69) is 10.6 Å². The lowest BCUT2D eigenvalue weighted by atomic mass is 10.0. The smallest absolute Gasteiger partial charge is 0.265 e. The topological polar surface area (TPSA) is 147 Å². The predicted octanol–water partition coefficient (Wildman–Crippen LogP) is 4.42. The maximum atomic E-state index is 13.5. The van der Waals surface area contributed by atoms with Crippen LogP contribution in [-0.2, 0) is 22.4 Å². The number of aromatic hydroxyl groups is 3. The number of hydrogen-bond donors (Lipinski definition) is 5. The number of fused-ring (bicyclic) bond motifs is 1. The summed E-state index contributed by atoms with van der Waals surface area (Å²) in [5.41, 5.74) is 3.18. The van der Waals surface area contributed by atoms with Crippen molar-refractivity contribution in [1.82, 2.24) is 10.6 Å². The molecule has 1 aliphatic heterocycles. The molecule has 0 saturated heterocycles. The fourth-order valence-corrected chi connectivity index (χ4v) is 4.84. The Morgan fingerprint density at radius 3 is 2.07 bits per heavy atom. The van der Waals surface area contributed by atoms with Gasteiger partial charge in [-0.15, -0.1) is 0 Å². The largest absolute Gasteiger partial charge is 0.508 e. The van der Waals surface area contributed by atoms with E-state index >= 15 is 0 Å². The lowest BCUT2D eigenvalue weighted by molar-refractivity contribution is -0.134. The molecule has 10 heteroatoms. The molecule has 0 unspecified atom stereocenters. The van der Waals surface area contributed by atoms with E-state index in [4.69, 9.17) is 14.2 Å². The van der Waals surface area contributed by atoms with Crippen LogP contribution in [-0.4, -0.2) is 53.4 Å². The van der Waals surface area contributed by atoms with Gasteiger partial charge in [-0.2, -0.15) is 0 Å². The molecular formula is C35H34N2O8. The van der Waals surface area contributed by atoms with E-state index in [1.165, 1.54) is 19.3 Å². The van der Waals surface area contributed by atoms with Gasteiger partial charge >= 0.3 is 0 Å². The summed E-state index contributed by atoms with van der Waals surface area (Å²) in [5.74, 6) is 0.632. The van der Waals surface area contributed by atoms with Gasteiger partial charge in [0.1, 0.15) is 11.5 Å². The number of rotatable bonds is 11. The molecule has 5 N–H and O–H groups in total. The van der Waals surface area contributed by atoms with E-state index in [-0.39, 0.29) is 28.9 Å². The molecule has 5 rings (SSSR count). The van der Waals surface area contributed by atoms with Crippen molar-refractivity contribution < 1.29 is 39.1 Å². The fraction of sp³-hybridized carbons (Fsp3) is 0.200. The summed E-state index contributed by atoms with van der Waals surface area (Å²) in [5, 5.41) is 34.8. The van der Waals surface area contributed by atoms with Crippen LogP contribution < -0.4 is 24.8 Å². The molecule has 0 bridgehead atoms. The lowest BCUT2D eigenvalue weighted by Gasteiger charge is -2.33. The minimum absolute atomic E-state index is 0.0471. The van der Waals surface area contributed by atoms with Crippen LogP contribution in [0.15, 0.2) is 91.0 Å². The zero-order valence-electron chi connectivity index (χ0n) is 24.6. The molecule has 2 atom stereocenters. The molecule has 2 amide bonds. The van der Waals surface area contributed by atoms with Crippen molar-refractivity contribution in [3.05, 3.63) is 113 Å². The second-order valence-electron chi connectivity index (χ2n) is 10.5. The second-order valence-corrected chi connectivity index (χ2v) is 10.5.